The van der Waals surface area contributed by atoms with Crippen molar-refractivity contribution in [2.24, 2.45) is 0 Å². The number of carbonyl (C=O) groups is 7. The van der Waals surface area contributed by atoms with Crippen molar-refractivity contribution in [3.63, 3.8) is 0 Å². The predicted molar refractivity (Wildman–Crippen MR) is 196 cm³/mol. The van der Waals surface area contributed by atoms with E-state index < -0.39 is 83.3 Å². The Morgan fingerprint density at radius 1 is 0.741 bits per heavy atom. The first-order chi connectivity index (χ1) is 25.4. The Hall–Kier alpha value is -5.15. The largest absolute Gasteiger partial charge is 0.467 e. The van der Waals surface area contributed by atoms with Crippen molar-refractivity contribution in [2.45, 2.75) is 103 Å². The molecule has 0 aromatic heterocycles. The number of esters is 1. The number of fused-ring (bicyclic) bond motifs is 3. The highest BCUT2D eigenvalue weighted by Crippen LogP contribution is 2.27. The van der Waals surface area contributed by atoms with Gasteiger partial charge in [0.05, 0.1) is 49.2 Å². The summed E-state index contributed by atoms with van der Waals surface area (Å²) in [6, 6.07) is 8.51. The van der Waals surface area contributed by atoms with Crippen molar-refractivity contribution in [2.75, 3.05) is 26.9 Å². The lowest BCUT2D eigenvalue weighted by atomic mass is 9.98. The van der Waals surface area contributed by atoms with Crippen LogP contribution in [0.5, 0.6) is 0 Å². The van der Waals surface area contributed by atoms with Crippen molar-refractivity contribution in [1.82, 2.24) is 26.2 Å². The molecule has 2 heterocycles. The van der Waals surface area contributed by atoms with E-state index in [9.17, 15) is 33.6 Å². The summed E-state index contributed by atoms with van der Waals surface area (Å²) in [5.74, 6) is -4.99. The summed E-state index contributed by atoms with van der Waals surface area (Å²) in [6.07, 6.45) is 1.00. The Morgan fingerprint density at radius 2 is 1.31 bits per heavy atom. The third kappa shape index (κ3) is 11.4. The van der Waals surface area contributed by atoms with Gasteiger partial charge < -0.3 is 35.5 Å². The van der Waals surface area contributed by atoms with E-state index in [1.54, 1.807) is 65.8 Å². The van der Waals surface area contributed by atoms with E-state index in [-0.39, 0.29) is 37.2 Å². The molecule has 2 aromatic carbocycles. The number of benzene rings is 2. The average molecular weight is 750 g/mol. The Balaban J connectivity index is 1.72. The number of nitrogens with one attached hydrogen (secondary N) is 4. The number of imide groups is 1. The first-order valence-electron chi connectivity index (χ1n) is 17.9. The standard InChI is InChI=1S/C39H51N5O10/c1-38(2,3)53-21-28-32(46)40-20-31(45)41-29(22-54-39(4,5)6)33(47)42-27(37(51)52-7)17-11-13-23-12-10-14-24(18-23)19-30(34(48)43-28)44-35(49)25-15-8-9-16-26(25)36(44)50/h8-10,12,14-16,18,27-30H,11,13,17,19-22H2,1-7H3,(H,40,46)(H,41,45)(H,42,47)(H,43,48)/t27-,28-,29-,30-/m0/s1. The lowest BCUT2D eigenvalue weighted by molar-refractivity contribution is -0.146. The summed E-state index contributed by atoms with van der Waals surface area (Å²) in [5, 5.41) is 10.4. The molecule has 2 bridgehead atoms. The maximum atomic E-state index is 14.2. The van der Waals surface area contributed by atoms with Crippen LogP contribution in [0.4, 0.5) is 0 Å². The first-order valence-corrected chi connectivity index (χ1v) is 17.9. The monoisotopic (exact) mass is 749 g/mol. The molecule has 4 atom stereocenters. The van der Waals surface area contributed by atoms with Gasteiger partial charge in [0.15, 0.2) is 0 Å². The Bertz CT molecular complexity index is 1710. The van der Waals surface area contributed by atoms with Crippen LogP contribution in [0.2, 0.25) is 0 Å². The zero-order chi connectivity index (χ0) is 39.8. The fraction of sp³-hybridized carbons (Fsp3) is 0.513. The quantitative estimate of drug-likeness (QED) is 0.249. The Kier molecular flexibility index (Phi) is 13.7. The molecule has 0 radical (unpaired) electrons. The number of ether oxygens (including phenoxy) is 3. The van der Waals surface area contributed by atoms with E-state index >= 15 is 0 Å². The van der Waals surface area contributed by atoms with Gasteiger partial charge in [-0.25, -0.2) is 4.79 Å². The van der Waals surface area contributed by atoms with E-state index in [4.69, 9.17) is 14.2 Å². The van der Waals surface area contributed by atoms with Crippen molar-refractivity contribution in [1.29, 1.82) is 0 Å². The number of hydrogen-bond donors (Lipinski definition) is 4. The summed E-state index contributed by atoms with van der Waals surface area (Å²) < 4.78 is 16.6. The van der Waals surface area contributed by atoms with Gasteiger partial charge in [0, 0.05) is 6.42 Å². The number of aryl methyl sites for hydroxylation is 1. The molecule has 0 fully saturated rings. The van der Waals surface area contributed by atoms with Crippen LogP contribution in [-0.4, -0.2) is 109 Å². The van der Waals surface area contributed by atoms with Gasteiger partial charge in [-0.1, -0.05) is 36.4 Å². The number of nitrogens with zero attached hydrogens (tertiary/aromatic N) is 1. The molecular weight excluding hydrogens is 698 g/mol. The van der Waals surface area contributed by atoms with Crippen LogP contribution < -0.4 is 21.3 Å². The summed E-state index contributed by atoms with van der Waals surface area (Å²) in [4.78, 5) is 95.6. The van der Waals surface area contributed by atoms with Crippen LogP contribution in [0.1, 0.15) is 86.2 Å². The molecule has 15 nitrogen and oxygen atoms in total. The predicted octanol–water partition coefficient (Wildman–Crippen LogP) is 1.60. The van der Waals surface area contributed by atoms with Gasteiger partial charge in [-0.15, -0.1) is 0 Å². The molecule has 0 unspecified atom stereocenters. The van der Waals surface area contributed by atoms with E-state index in [1.165, 1.54) is 19.2 Å². The van der Waals surface area contributed by atoms with Gasteiger partial charge in [-0.05, 0) is 84.1 Å². The summed E-state index contributed by atoms with van der Waals surface area (Å²) >= 11 is 0. The van der Waals surface area contributed by atoms with E-state index in [0.717, 1.165) is 10.5 Å². The van der Waals surface area contributed by atoms with E-state index in [1.807, 2.05) is 12.1 Å². The molecular formula is C39H51N5O10. The molecule has 0 aliphatic carbocycles. The lowest BCUT2D eigenvalue weighted by Gasteiger charge is -2.29. The fourth-order valence-corrected chi connectivity index (χ4v) is 5.94. The zero-order valence-corrected chi connectivity index (χ0v) is 31.9. The van der Waals surface area contributed by atoms with Gasteiger partial charge in [0.2, 0.25) is 23.6 Å². The highest BCUT2D eigenvalue weighted by Gasteiger charge is 2.43. The zero-order valence-electron chi connectivity index (χ0n) is 31.9. The maximum Gasteiger partial charge on any atom is 0.328 e. The topological polar surface area (TPSA) is 199 Å². The van der Waals surface area contributed by atoms with Crippen LogP contribution in [-0.2, 0) is 51.0 Å². The number of rotatable bonds is 6. The molecule has 54 heavy (non-hydrogen) atoms. The molecule has 0 spiro atoms. The fourth-order valence-electron chi connectivity index (χ4n) is 5.94. The SMILES string of the molecule is COC(=O)[C@@H]1CCCc2cccc(c2)C[C@H](N2C(=O)c3ccccc3C2=O)C(=O)N[C@@H](COC(C)(C)C)C(=O)NCC(=O)N[C@@H](COC(C)(C)C)C(=O)N1. The second kappa shape index (κ2) is 17.8. The molecule has 0 saturated heterocycles. The molecule has 292 valence electrons. The highest BCUT2D eigenvalue weighted by molar-refractivity contribution is 6.23. The first kappa shape index (κ1) is 41.6. The lowest BCUT2D eigenvalue weighted by Crippen LogP contribution is -2.58. The van der Waals surface area contributed by atoms with Crippen molar-refractivity contribution in [3.8, 4) is 0 Å². The van der Waals surface area contributed by atoms with E-state index in [0.29, 0.717) is 18.4 Å². The van der Waals surface area contributed by atoms with Gasteiger partial charge in [-0.3, -0.25) is 33.7 Å². The smallest absolute Gasteiger partial charge is 0.328 e. The van der Waals surface area contributed by atoms with Crippen LogP contribution in [0.3, 0.4) is 0 Å². The van der Waals surface area contributed by atoms with Crippen molar-refractivity contribution < 1.29 is 47.8 Å². The second-order valence-electron chi connectivity index (χ2n) is 15.3. The third-order valence-corrected chi connectivity index (χ3v) is 8.69. The Morgan fingerprint density at radius 3 is 1.89 bits per heavy atom. The number of amides is 6. The van der Waals surface area contributed by atoms with Crippen LogP contribution in [0.15, 0.2) is 48.5 Å². The van der Waals surface area contributed by atoms with E-state index in [2.05, 4.69) is 21.3 Å². The number of carbonyl (C=O) groups excluding carboxylic acids is 7. The van der Waals surface area contributed by atoms with Gasteiger partial charge in [-0.2, -0.15) is 0 Å². The summed E-state index contributed by atoms with van der Waals surface area (Å²) in [6.45, 7) is 9.45. The molecule has 2 aromatic rings. The number of hydrogen-bond acceptors (Lipinski definition) is 10. The van der Waals surface area contributed by atoms with Gasteiger partial charge in [0.1, 0.15) is 24.2 Å². The maximum absolute atomic E-state index is 14.2. The van der Waals surface area contributed by atoms with Crippen molar-refractivity contribution in [3.05, 3.63) is 70.8 Å². The molecule has 0 saturated carbocycles. The van der Waals surface area contributed by atoms with Crippen LogP contribution in [0, 0.1) is 0 Å². The normalized spacial score (nSPS) is 22.4. The number of methoxy groups -OCH3 is 1. The van der Waals surface area contributed by atoms with Gasteiger partial charge >= 0.3 is 5.97 Å². The minimum atomic E-state index is -1.37. The summed E-state index contributed by atoms with van der Waals surface area (Å²) in [5.41, 5.74) is 0.363. The minimum absolute atomic E-state index is 0.0825. The van der Waals surface area contributed by atoms with Crippen LogP contribution in [0.25, 0.3) is 0 Å². The molecule has 4 rings (SSSR count). The minimum Gasteiger partial charge on any atom is -0.467 e. The summed E-state index contributed by atoms with van der Waals surface area (Å²) in [7, 11) is 1.21. The third-order valence-electron chi connectivity index (χ3n) is 8.69. The highest BCUT2D eigenvalue weighted by atomic mass is 16.5. The van der Waals surface area contributed by atoms with Crippen molar-refractivity contribution >= 4 is 41.4 Å². The molecule has 6 amide bonds. The molecule has 2 aliphatic heterocycles. The molecule has 2 aliphatic rings. The molecule has 15 heteroatoms. The Labute approximate surface area is 315 Å². The second-order valence-corrected chi connectivity index (χ2v) is 15.3. The van der Waals surface area contributed by atoms with Gasteiger partial charge in [0.25, 0.3) is 11.8 Å². The molecule has 4 N–H and O–H groups in total. The van der Waals surface area contributed by atoms with Crippen LogP contribution >= 0.6 is 0 Å². The average Bonchev–Trinajstić information content (AvgIpc) is 3.36.